The van der Waals surface area contributed by atoms with E-state index in [1.54, 1.807) is 0 Å². The molecule has 0 aromatic carbocycles. The van der Waals surface area contributed by atoms with E-state index in [2.05, 4.69) is 13.8 Å². The molecule has 1 rings (SSSR count). The molecule has 0 aromatic rings. The van der Waals surface area contributed by atoms with Crippen LogP contribution in [0.4, 0.5) is 0 Å². The molecule has 0 aromatic heterocycles. The van der Waals surface area contributed by atoms with Crippen molar-refractivity contribution >= 4 is 5.91 Å². The third kappa shape index (κ3) is 4.66. The molecule has 1 aliphatic rings. The Hall–Kier alpha value is -0.570. The van der Waals surface area contributed by atoms with Gasteiger partial charge in [0.2, 0.25) is 5.91 Å². The zero-order chi connectivity index (χ0) is 12.7. The van der Waals surface area contributed by atoms with Crippen LogP contribution in [0.25, 0.3) is 0 Å². The first kappa shape index (κ1) is 14.5. The standard InChI is InChI=1S/C14H28N2O/c1-3-5-6-7-8-14(17)16-10-9-13(15)12(4-2)11-16/h12-13H,3-11,15H2,1-2H3. The molecule has 1 amide bonds. The van der Waals surface area contributed by atoms with Crippen molar-refractivity contribution in [3.8, 4) is 0 Å². The van der Waals surface area contributed by atoms with Gasteiger partial charge in [-0.3, -0.25) is 4.79 Å². The van der Waals surface area contributed by atoms with Gasteiger partial charge in [0.15, 0.2) is 0 Å². The summed E-state index contributed by atoms with van der Waals surface area (Å²) in [7, 11) is 0. The van der Waals surface area contributed by atoms with Crippen LogP contribution in [-0.2, 0) is 4.79 Å². The number of likely N-dealkylation sites (tertiary alicyclic amines) is 1. The van der Waals surface area contributed by atoms with Crippen molar-refractivity contribution in [3.63, 3.8) is 0 Å². The molecule has 0 radical (unpaired) electrons. The van der Waals surface area contributed by atoms with Crippen molar-refractivity contribution in [2.45, 2.75) is 64.8 Å². The van der Waals surface area contributed by atoms with E-state index < -0.39 is 0 Å². The molecule has 0 spiro atoms. The second kappa shape index (κ2) is 7.70. The van der Waals surface area contributed by atoms with Crippen LogP contribution in [0.2, 0.25) is 0 Å². The van der Waals surface area contributed by atoms with E-state index in [0.717, 1.165) is 38.8 Å². The van der Waals surface area contributed by atoms with Gasteiger partial charge in [0, 0.05) is 25.6 Å². The second-order valence-electron chi connectivity index (χ2n) is 5.27. The summed E-state index contributed by atoms with van der Waals surface area (Å²) >= 11 is 0. The van der Waals surface area contributed by atoms with Crippen LogP contribution in [0.5, 0.6) is 0 Å². The minimum absolute atomic E-state index is 0.296. The summed E-state index contributed by atoms with van der Waals surface area (Å²) in [4.78, 5) is 14.0. The summed E-state index contributed by atoms with van der Waals surface area (Å²) in [6.45, 7) is 6.11. The summed E-state index contributed by atoms with van der Waals surface area (Å²) in [6.07, 6.45) is 7.49. The summed E-state index contributed by atoms with van der Waals surface area (Å²) in [6, 6.07) is 0.296. The lowest BCUT2D eigenvalue weighted by molar-refractivity contribution is -0.133. The number of amides is 1. The number of nitrogens with zero attached hydrogens (tertiary/aromatic N) is 1. The number of piperidine rings is 1. The Morgan fingerprint density at radius 3 is 2.71 bits per heavy atom. The van der Waals surface area contributed by atoms with Gasteiger partial charge in [0.1, 0.15) is 0 Å². The van der Waals surface area contributed by atoms with Crippen LogP contribution in [0.15, 0.2) is 0 Å². The number of unbranched alkanes of at least 4 members (excludes halogenated alkanes) is 3. The molecule has 1 fully saturated rings. The number of rotatable bonds is 6. The molecule has 3 nitrogen and oxygen atoms in total. The average Bonchev–Trinajstić information content (AvgIpc) is 2.35. The highest BCUT2D eigenvalue weighted by Gasteiger charge is 2.27. The maximum absolute atomic E-state index is 12.0. The van der Waals surface area contributed by atoms with E-state index in [0.29, 0.717) is 17.9 Å². The van der Waals surface area contributed by atoms with E-state index in [9.17, 15) is 4.79 Å². The fraction of sp³-hybridized carbons (Fsp3) is 0.929. The fourth-order valence-electron chi connectivity index (χ4n) is 2.57. The predicted octanol–water partition coefficient (Wildman–Crippen LogP) is 2.54. The third-order valence-electron chi connectivity index (χ3n) is 3.91. The molecule has 1 heterocycles. The number of hydrogen-bond donors (Lipinski definition) is 1. The summed E-state index contributed by atoms with van der Waals surface area (Å²) in [5.41, 5.74) is 6.05. The Bertz CT molecular complexity index is 230. The van der Waals surface area contributed by atoms with Crippen molar-refractivity contribution in [1.29, 1.82) is 0 Å². The van der Waals surface area contributed by atoms with Gasteiger partial charge < -0.3 is 10.6 Å². The van der Waals surface area contributed by atoms with Crippen LogP contribution in [-0.4, -0.2) is 29.9 Å². The van der Waals surface area contributed by atoms with Gasteiger partial charge in [-0.1, -0.05) is 39.5 Å². The lowest BCUT2D eigenvalue weighted by atomic mass is 9.90. The molecule has 100 valence electrons. The summed E-state index contributed by atoms with van der Waals surface area (Å²) < 4.78 is 0. The highest BCUT2D eigenvalue weighted by molar-refractivity contribution is 5.76. The van der Waals surface area contributed by atoms with Crippen LogP contribution < -0.4 is 5.73 Å². The first-order chi connectivity index (χ1) is 8.19. The SMILES string of the molecule is CCCCCCC(=O)N1CCC(N)C(CC)C1. The number of hydrogen-bond acceptors (Lipinski definition) is 2. The Kier molecular flexibility index (Phi) is 6.56. The van der Waals surface area contributed by atoms with E-state index in [1.807, 2.05) is 4.90 Å². The lowest BCUT2D eigenvalue weighted by Crippen LogP contribution is -2.48. The van der Waals surface area contributed by atoms with Gasteiger partial charge in [-0.25, -0.2) is 0 Å². The van der Waals surface area contributed by atoms with Crippen molar-refractivity contribution in [3.05, 3.63) is 0 Å². The molecule has 1 saturated heterocycles. The largest absolute Gasteiger partial charge is 0.342 e. The van der Waals surface area contributed by atoms with Gasteiger partial charge in [-0.05, 0) is 18.8 Å². The molecule has 1 aliphatic heterocycles. The van der Waals surface area contributed by atoms with Gasteiger partial charge in [-0.15, -0.1) is 0 Å². The van der Waals surface area contributed by atoms with E-state index >= 15 is 0 Å². The Labute approximate surface area is 106 Å². The van der Waals surface area contributed by atoms with E-state index in [4.69, 9.17) is 5.73 Å². The van der Waals surface area contributed by atoms with E-state index in [-0.39, 0.29) is 0 Å². The molecule has 2 N–H and O–H groups in total. The lowest BCUT2D eigenvalue weighted by Gasteiger charge is -2.36. The van der Waals surface area contributed by atoms with Gasteiger partial charge in [0.25, 0.3) is 0 Å². The minimum Gasteiger partial charge on any atom is -0.342 e. The molecular weight excluding hydrogens is 212 g/mol. The fourth-order valence-corrected chi connectivity index (χ4v) is 2.57. The predicted molar refractivity (Wildman–Crippen MR) is 71.7 cm³/mol. The topological polar surface area (TPSA) is 46.3 Å². The Morgan fingerprint density at radius 1 is 1.29 bits per heavy atom. The van der Waals surface area contributed by atoms with Crippen LogP contribution >= 0.6 is 0 Å². The first-order valence-electron chi connectivity index (χ1n) is 7.22. The first-order valence-corrected chi connectivity index (χ1v) is 7.22. The molecule has 17 heavy (non-hydrogen) atoms. The van der Waals surface area contributed by atoms with Gasteiger partial charge >= 0.3 is 0 Å². The van der Waals surface area contributed by atoms with Crippen molar-refractivity contribution in [2.75, 3.05) is 13.1 Å². The number of nitrogens with two attached hydrogens (primary N) is 1. The van der Waals surface area contributed by atoms with Crippen molar-refractivity contribution in [2.24, 2.45) is 11.7 Å². The smallest absolute Gasteiger partial charge is 0.222 e. The molecule has 0 bridgehead atoms. The normalized spacial score (nSPS) is 25.0. The maximum atomic E-state index is 12.0. The van der Waals surface area contributed by atoms with Gasteiger partial charge in [0.05, 0.1) is 0 Å². The molecule has 0 saturated carbocycles. The number of carbonyl (C=O) groups is 1. The van der Waals surface area contributed by atoms with Crippen molar-refractivity contribution < 1.29 is 4.79 Å². The summed E-state index contributed by atoms with van der Waals surface area (Å²) in [5, 5.41) is 0. The molecule has 0 aliphatic carbocycles. The Morgan fingerprint density at radius 2 is 2.06 bits per heavy atom. The van der Waals surface area contributed by atoms with Crippen LogP contribution in [0, 0.1) is 5.92 Å². The zero-order valence-corrected chi connectivity index (χ0v) is 11.5. The van der Waals surface area contributed by atoms with Crippen LogP contribution in [0.3, 0.4) is 0 Å². The second-order valence-corrected chi connectivity index (χ2v) is 5.27. The third-order valence-corrected chi connectivity index (χ3v) is 3.91. The highest BCUT2D eigenvalue weighted by Crippen LogP contribution is 2.19. The van der Waals surface area contributed by atoms with Gasteiger partial charge in [-0.2, -0.15) is 0 Å². The molecular formula is C14H28N2O. The maximum Gasteiger partial charge on any atom is 0.222 e. The quantitative estimate of drug-likeness (QED) is 0.725. The number of carbonyl (C=O) groups excluding carboxylic acids is 1. The minimum atomic E-state index is 0.296. The Balaban J connectivity index is 2.27. The molecule has 3 heteroatoms. The highest BCUT2D eigenvalue weighted by atomic mass is 16.2. The average molecular weight is 240 g/mol. The summed E-state index contributed by atoms with van der Waals surface area (Å²) in [5.74, 6) is 0.842. The monoisotopic (exact) mass is 240 g/mol. The molecule has 2 atom stereocenters. The van der Waals surface area contributed by atoms with E-state index in [1.165, 1.54) is 19.3 Å². The van der Waals surface area contributed by atoms with Crippen LogP contribution in [0.1, 0.15) is 58.8 Å². The molecule has 2 unspecified atom stereocenters. The van der Waals surface area contributed by atoms with Crippen molar-refractivity contribution in [1.82, 2.24) is 4.90 Å². The zero-order valence-electron chi connectivity index (χ0n) is 11.5.